The minimum absolute atomic E-state index is 0.129. The van der Waals surface area contributed by atoms with Gasteiger partial charge in [0.2, 0.25) is 5.91 Å². The van der Waals surface area contributed by atoms with Crippen LogP contribution in [0.15, 0.2) is 36.7 Å². The molecule has 102 valence electrons. The van der Waals surface area contributed by atoms with Crippen molar-refractivity contribution in [1.29, 1.82) is 0 Å². The van der Waals surface area contributed by atoms with Gasteiger partial charge in [-0.3, -0.25) is 9.48 Å². The van der Waals surface area contributed by atoms with E-state index in [1.807, 2.05) is 25.1 Å². The van der Waals surface area contributed by atoms with Crippen LogP contribution in [-0.4, -0.2) is 22.2 Å². The topological polar surface area (TPSA) is 72.9 Å². The number of benzene rings is 1. The smallest absolute Gasteiger partial charge is 0.246 e. The lowest BCUT2D eigenvalue weighted by Crippen LogP contribution is -2.19. The van der Waals surface area contributed by atoms with Gasteiger partial charge in [-0.05, 0) is 30.7 Å². The predicted octanol–water partition coefficient (Wildman–Crippen LogP) is 1.14. The van der Waals surface area contributed by atoms with Gasteiger partial charge in [0.1, 0.15) is 6.54 Å². The summed E-state index contributed by atoms with van der Waals surface area (Å²) in [6, 6.07) is 7.40. The van der Waals surface area contributed by atoms with Crippen LogP contribution < -0.4 is 11.1 Å². The van der Waals surface area contributed by atoms with Gasteiger partial charge in [0.25, 0.3) is 0 Å². The van der Waals surface area contributed by atoms with E-state index in [0.29, 0.717) is 12.2 Å². The second-order valence-corrected chi connectivity index (χ2v) is 4.29. The number of nitrogens with two attached hydrogens (primary N) is 1. The number of nitrogens with one attached hydrogen (secondary N) is 1. The second kappa shape index (κ2) is 6.55. The van der Waals surface area contributed by atoms with Gasteiger partial charge in [0.15, 0.2) is 0 Å². The molecule has 0 bridgehead atoms. The molecule has 1 amide bonds. The standard InChI is InChI=1S/C15H16N4O/c1-12-5-6-14(10-13(12)4-2-7-16)18-15(20)11-19-9-3-8-17-19/h3,5-6,8-10H,7,11,16H2,1H3,(H,18,20). The van der Waals surface area contributed by atoms with Crippen molar-refractivity contribution in [3.8, 4) is 11.8 Å². The third-order valence-electron chi connectivity index (χ3n) is 2.71. The van der Waals surface area contributed by atoms with Crippen LogP contribution in [0.4, 0.5) is 5.69 Å². The monoisotopic (exact) mass is 268 g/mol. The lowest BCUT2D eigenvalue weighted by atomic mass is 10.1. The van der Waals surface area contributed by atoms with Crippen LogP contribution in [0.3, 0.4) is 0 Å². The van der Waals surface area contributed by atoms with Crippen molar-refractivity contribution < 1.29 is 4.79 Å². The summed E-state index contributed by atoms with van der Waals surface area (Å²) in [4.78, 5) is 11.9. The van der Waals surface area contributed by atoms with Gasteiger partial charge < -0.3 is 11.1 Å². The molecule has 2 rings (SSSR count). The summed E-state index contributed by atoms with van der Waals surface area (Å²) in [5.74, 6) is 5.67. The molecule has 0 saturated heterocycles. The van der Waals surface area contributed by atoms with Crippen molar-refractivity contribution in [2.75, 3.05) is 11.9 Å². The zero-order valence-corrected chi connectivity index (χ0v) is 11.3. The molecule has 2 aromatic rings. The molecule has 1 aromatic carbocycles. The van der Waals surface area contributed by atoms with Crippen LogP contribution in [0.1, 0.15) is 11.1 Å². The van der Waals surface area contributed by atoms with E-state index in [0.717, 1.165) is 11.1 Å². The highest BCUT2D eigenvalue weighted by Gasteiger charge is 2.05. The van der Waals surface area contributed by atoms with Gasteiger partial charge in [-0.15, -0.1) is 0 Å². The summed E-state index contributed by atoms with van der Waals surface area (Å²) in [5.41, 5.74) is 8.00. The number of hydrogen-bond donors (Lipinski definition) is 2. The molecular formula is C15H16N4O. The van der Waals surface area contributed by atoms with Crippen molar-refractivity contribution in [2.45, 2.75) is 13.5 Å². The highest BCUT2D eigenvalue weighted by molar-refractivity contribution is 5.90. The van der Waals surface area contributed by atoms with Crippen LogP contribution in [-0.2, 0) is 11.3 Å². The molecule has 0 unspecified atom stereocenters. The Morgan fingerprint density at radius 2 is 2.35 bits per heavy atom. The SMILES string of the molecule is Cc1ccc(NC(=O)Cn2cccn2)cc1C#CCN. The number of amides is 1. The van der Waals surface area contributed by atoms with E-state index in [2.05, 4.69) is 22.3 Å². The molecule has 1 heterocycles. The number of anilines is 1. The third kappa shape index (κ3) is 3.70. The zero-order valence-electron chi connectivity index (χ0n) is 11.3. The van der Waals surface area contributed by atoms with Crippen molar-refractivity contribution in [3.63, 3.8) is 0 Å². The summed E-state index contributed by atoms with van der Waals surface area (Å²) in [5, 5.41) is 6.82. The number of rotatable bonds is 3. The van der Waals surface area contributed by atoms with Crippen LogP contribution >= 0.6 is 0 Å². The first-order valence-corrected chi connectivity index (χ1v) is 6.26. The Bertz CT molecular complexity index is 650. The number of hydrogen-bond acceptors (Lipinski definition) is 3. The quantitative estimate of drug-likeness (QED) is 0.820. The molecule has 3 N–H and O–H groups in total. The van der Waals surface area contributed by atoms with Gasteiger partial charge in [0.05, 0.1) is 6.54 Å². The van der Waals surface area contributed by atoms with E-state index < -0.39 is 0 Å². The summed E-state index contributed by atoms with van der Waals surface area (Å²) in [6.45, 7) is 2.47. The molecule has 5 heteroatoms. The van der Waals surface area contributed by atoms with Crippen molar-refractivity contribution in [1.82, 2.24) is 9.78 Å². The Morgan fingerprint density at radius 3 is 3.05 bits per heavy atom. The van der Waals surface area contributed by atoms with Crippen LogP contribution in [0.25, 0.3) is 0 Å². The molecule has 1 aromatic heterocycles. The van der Waals surface area contributed by atoms with Crippen molar-refractivity contribution in [3.05, 3.63) is 47.8 Å². The van der Waals surface area contributed by atoms with Crippen LogP contribution in [0.2, 0.25) is 0 Å². The molecule has 0 aliphatic heterocycles. The molecule has 0 saturated carbocycles. The van der Waals surface area contributed by atoms with Gasteiger partial charge in [-0.25, -0.2) is 0 Å². The maximum Gasteiger partial charge on any atom is 0.246 e. The first kappa shape index (κ1) is 13.8. The minimum atomic E-state index is -0.129. The number of aromatic nitrogens is 2. The average molecular weight is 268 g/mol. The normalized spacial score (nSPS) is 9.70. The molecule has 0 spiro atoms. The van der Waals surface area contributed by atoms with Gasteiger partial charge in [-0.2, -0.15) is 5.10 Å². The largest absolute Gasteiger partial charge is 0.324 e. The Kier molecular flexibility index (Phi) is 4.53. The summed E-state index contributed by atoms with van der Waals surface area (Å²) in [7, 11) is 0. The Balaban J connectivity index is 2.07. The number of carbonyl (C=O) groups excluding carboxylic acids is 1. The van der Waals surface area contributed by atoms with E-state index in [1.54, 1.807) is 23.1 Å². The van der Waals surface area contributed by atoms with E-state index in [-0.39, 0.29) is 12.5 Å². The Morgan fingerprint density at radius 1 is 1.50 bits per heavy atom. The van der Waals surface area contributed by atoms with Crippen LogP contribution in [0.5, 0.6) is 0 Å². The predicted molar refractivity (Wildman–Crippen MR) is 78.0 cm³/mol. The number of carbonyl (C=O) groups is 1. The molecule has 20 heavy (non-hydrogen) atoms. The summed E-state index contributed by atoms with van der Waals surface area (Å²) < 4.78 is 1.57. The fourth-order valence-corrected chi connectivity index (χ4v) is 1.72. The number of nitrogens with zero attached hydrogens (tertiary/aromatic N) is 2. The zero-order chi connectivity index (χ0) is 14.4. The summed E-state index contributed by atoms with van der Waals surface area (Å²) >= 11 is 0. The van der Waals surface area contributed by atoms with E-state index in [1.165, 1.54) is 0 Å². The Hall–Kier alpha value is -2.58. The number of aryl methyl sites for hydroxylation is 1. The Labute approximate surface area is 117 Å². The fourth-order valence-electron chi connectivity index (χ4n) is 1.72. The van der Waals surface area contributed by atoms with E-state index in [9.17, 15) is 4.79 Å². The third-order valence-corrected chi connectivity index (χ3v) is 2.71. The molecule has 0 fully saturated rings. The lowest BCUT2D eigenvalue weighted by Gasteiger charge is -2.07. The van der Waals surface area contributed by atoms with Crippen LogP contribution in [0, 0.1) is 18.8 Å². The molecule has 0 atom stereocenters. The highest BCUT2D eigenvalue weighted by atomic mass is 16.2. The molecule has 5 nitrogen and oxygen atoms in total. The molecule has 0 aliphatic carbocycles. The average Bonchev–Trinajstić information content (AvgIpc) is 2.92. The molecule has 0 aliphatic rings. The minimum Gasteiger partial charge on any atom is -0.324 e. The second-order valence-electron chi connectivity index (χ2n) is 4.29. The van der Waals surface area contributed by atoms with Gasteiger partial charge in [-0.1, -0.05) is 17.9 Å². The lowest BCUT2D eigenvalue weighted by molar-refractivity contribution is -0.116. The van der Waals surface area contributed by atoms with Crippen molar-refractivity contribution in [2.24, 2.45) is 5.73 Å². The van der Waals surface area contributed by atoms with Gasteiger partial charge >= 0.3 is 0 Å². The fraction of sp³-hybridized carbons (Fsp3) is 0.200. The molecule has 0 radical (unpaired) electrons. The van der Waals surface area contributed by atoms with Crippen molar-refractivity contribution >= 4 is 11.6 Å². The first-order valence-electron chi connectivity index (χ1n) is 6.26. The summed E-state index contributed by atoms with van der Waals surface area (Å²) in [6.07, 6.45) is 3.38. The van der Waals surface area contributed by atoms with Gasteiger partial charge in [0, 0.05) is 23.6 Å². The molecular weight excluding hydrogens is 252 g/mol. The van der Waals surface area contributed by atoms with E-state index in [4.69, 9.17) is 5.73 Å². The van der Waals surface area contributed by atoms with E-state index >= 15 is 0 Å². The first-order chi connectivity index (χ1) is 9.69. The highest BCUT2D eigenvalue weighted by Crippen LogP contribution is 2.14. The maximum absolute atomic E-state index is 11.9. The maximum atomic E-state index is 11.9.